The van der Waals surface area contributed by atoms with E-state index in [2.05, 4.69) is 11.6 Å². The van der Waals surface area contributed by atoms with E-state index in [-0.39, 0.29) is 0 Å². The molecule has 0 bridgehead atoms. The molecule has 0 amide bonds. The lowest BCUT2D eigenvalue weighted by Gasteiger charge is -2.14. The van der Waals surface area contributed by atoms with Gasteiger partial charge in [-0.25, -0.2) is 0 Å². The Balaban J connectivity index is 2.93. The molecule has 1 heterocycles. The van der Waals surface area contributed by atoms with Crippen molar-refractivity contribution in [3.63, 3.8) is 0 Å². The molecule has 0 aliphatic carbocycles. The van der Waals surface area contributed by atoms with E-state index in [1.54, 1.807) is 19.4 Å². The molecule has 1 N–H and O–H groups in total. The van der Waals surface area contributed by atoms with Crippen LogP contribution >= 0.6 is 0 Å². The topological polar surface area (TPSA) is 42.4 Å². The van der Waals surface area contributed by atoms with E-state index in [1.807, 2.05) is 13.8 Å². The first-order valence-corrected chi connectivity index (χ1v) is 5.38. The van der Waals surface area contributed by atoms with Crippen LogP contribution < -0.4 is 4.74 Å². The number of nitrogens with zero attached hydrogens (tertiary/aromatic N) is 1. The average molecular weight is 221 g/mol. The fraction of sp³-hybridized carbons (Fsp3) is 0.462. The normalized spacial score (nSPS) is 12.2. The summed E-state index contributed by atoms with van der Waals surface area (Å²) in [6, 6.07) is 0. The molecule has 1 rings (SSSR count). The second-order valence-corrected chi connectivity index (χ2v) is 3.93. The molecule has 0 aliphatic rings. The summed E-state index contributed by atoms with van der Waals surface area (Å²) in [6.45, 7) is 7.54. The van der Waals surface area contributed by atoms with E-state index < -0.39 is 6.10 Å². The molecule has 16 heavy (non-hydrogen) atoms. The van der Waals surface area contributed by atoms with Gasteiger partial charge in [0.1, 0.15) is 5.75 Å². The third-order valence-electron chi connectivity index (χ3n) is 2.62. The molecule has 3 nitrogen and oxygen atoms in total. The minimum absolute atomic E-state index is 0.420. The van der Waals surface area contributed by atoms with Gasteiger partial charge in [0.15, 0.2) is 0 Å². The van der Waals surface area contributed by atoms with Crippen molar-refractivity contribution in [1.82, 2.24) is 4.98 Å². The van der Waals surface area contributed by atoms with Crippen LogP contribution in [0.3, 0.4) is 0 Å². The van der Waals surface area contributed by atoms with Crippen LogP contribution in [0.4, 0.5) is 0 Å². The number of pyridine rings is 1. The van der Waals surface area contributed by atoms with Crippen molar-refractivity contribution in [3.05, 3.63) is 35.7 Å². The van der Waals surface area contributed by atoms with Gasteiger partial charge in [-0.1, -0.05) is 6.08 Å². The van der Waals surface area contributed by atoms with Crippen LogP contribution in [-0.2, 0) is 6.42 Å². The Kier molecular flexibility index (Phi) is 4.50. The minimum atomic E-state index is -0.420. The van der Waals surface area contributed by atoms with E-state index >= 15 is 0 Å². The van der Waals surface area contributed by atoms with Gasteiger partial charge in [0.05, 0.1) is 13.2 Å². The summed E-state index contributed by atoms with van der Waals surface area (Å²) in [6.07, 6.45) is 4.19. The van der Waals surface area contributed by atoms with Crippen LogP contribution in [0.2, 0.25) is 0 Å². The predicted molar refractivity (Wildman–Crippen MR) is 64.8 cm³/mol. The molecule has 0 aromatic carbocycles. The molecule has 3 heteroatoms. The van der Waals surface area contributed by atoms with Gasteiger partial charge in [-0.2, -0.15) is 0 Å². The van der Waals surface area contributed by atoms with Crippen LogP contribution in [0.5, 0.6) is 5.75 Å². The minimum Gasteiger partial charge on any atom is -0.496 e. The smallest absolute Gasteiger partial charge is 0.128 e. The van der Waals surface area contributed by atoms with Crippen LogP contribution in [0.15, 0.2) is 18.9 Å². The summed E-state index contributed by atoms with van der Waals surface area (Å²) >= 11 is 0. The average Bonchev–Trinajstić information content (AvgIpc) is 2.23. The van der Waals surface area contributed by atoms with Crippen molar-refractivity contribution >= 4 is 0 Å². The SMILES string of the molecule is C=CCC(O)Cc1ncc(C)c(OC)c1C. The maximum Gasteiger partial charge on any atom is 0.128 e. The molecule has 1 unspecified atom stereocenters. The van der Waals surface area contributed by atoms with Gasteiger partial charge in [0, 0.05) is 29.4 Å². The molecule has 0 spiro atoms. The number of aliphatic hydroxyl groups excluding tert-OH is 1. The van der Waals surface area contributed by atoms with E-state index in [0.717, 1.165) is 22.6 Å². The molecular weight excluding hydrogens is 202 g/mol. The summed E-state index contributed by atoms with van der Waals surface area (Å²) in [5, 5.41) is 9.71. The second kappa shape index (κ2) is 5.66. The molecule has 1 aromatic heterocycles. The Bertz CT molecular complexity index is 374. The van der Waals surface area contributed by atoms with E-state index in [9.17, 15) is 5.11 Å². The predicted octanol–water partition coefficient (Wildman–Crippen LogP) is 2.19. The van der Waals surface area contributed by atoms with E-state index in [0.29, 0.717) is 12.8 Å². The lowest BCUT2D eigenvalue weighted by molar-refractivity contribution is 0.177. The molecule has 0 fully saturated rings. The number of rotatable bonds is 5. The van der Waals surface area contributed by atoms with Gasteiger partial charge < -0.3 is 9.84 Å². The lowest BCUT2D eigenvalue weighted by atomic mass is 10.0. The van der Waals surface area contributed by atoms with Gasteiger partial charge in [-0.05, 0) is 20.3 Å². The summed E-state index contributed by atoms with van der Waals surface area (Å²) in [5.41, 5.74) is 2.91. The Morgan fingerprint density at radius 1 is 1.56 bits per heavy atom. The zero-order chi connectivity index (χ0) is 12.1. The monoisotopic (exact) mass is 221 g/mol. The van der Waals surface area contributed by atoms with Crippen molar-refractivity contribution in [1.29, 1.82) is 0 Å². The first-order valence-electron chi connectivity index (χ1n) is 5.38. The first-order chi connectivity index (χ1) is 7.60. The van der Waals surface area contributed by atoms with Gasteiger partial charge in [0.25, 0.3) is 0 Å². The molecule has 1 aromatic rings. The maximum atomic E-state index is 9.71. The van der Waals surface area contributed by atoms with Gasteiger partial charge in [0.2, 0.25) is 0 Å². The summed E-state index contributed by atoms with van der Waals surface area (Å²) in [4.78, 5) is 4.33. The number of aliphatic hydroxyl groups is 1. The molecule has 88 valence electrons. The van der Waals surface area contributed by atoms with Crippen molar-refractivity contribution in [2.24, 2.45) is 0 Å². The fourth-order valence-corrected chi connectivity index (χ4v) is 1.78. The number of ether oxygens (including phenoxy) is 1. The van der Waals surface area contributed by atoms with Gasteiger partial charge in [-0.15, -0.1) is 6.58 Å². The summed E-state index contributed by atoms with van der Waals surface area (Å²) < 4.78 is 5.32. The molecule has 0 saturated heterocycles. The van der Waals surface area contributed by atoms with Crippen molar-refractivity contribution < 1.29 is 9.84 Å². The summed E-state index contributed by atoms with van der Waals surface area (Å²) in [7, 11) is 1.65. The maximum absolute atomic E-state index is 9.71. The number of aryl methyl sites for hydroxylation is 1. The highest BCUT2D eigenvalue weighted by atomic mass is 16.5. The van der Waals surface area contributed by atoms with Crippen LogP contribution in [0.1, 0.15) is 23.2 Å². The fourth-order valence-electron chi connectivity index (χ4n) is 1.78. The molecule has 0 saturated carbocycles. The Labute approximate surface area is 96.8 Å². The zero-order valence-electron chi connectivity index (χ0n) is 10.2. The van der Waals surface area contributed by atoms with E-state index in [1.165, 1.54) is 0 Å². The highest BCUT2D eigenvalue weighted by Crippen LogP contribution is 2.24. The third kappa shape index (κ3) is 2.83. The Hall–Kier alpha value is -1.35. The number of hydrogen-bond donors (Lipinski definition) is 1. The van der Waals surface area contributed by atoms with Crippen LogP contribution in [-0.4, -0.2) is 23.3 Å². The van der Waals surface area contributed by atoms with Crippen LogP contribution in [0, 0.1) is 13.8 Å². The van der Waals surface area contributed by atoms with Gasteiger partial charge in [-0.3, -0.25) is 4.98 Å². The Morgan fingerprint density at radius 3 is 2.81 bits per heavy atom. The lowest BCUT2D eigenvalue weighted by Crippen LogP contribution is -2.12. The quantitative estimate of drug-likeness (QED) is 0.775. The highest BCUT2D eigenvalue weighted by Gasteiger charge is 2.12. The molecule has 1 atom stereocenters. The van der Waals surface area contributed by atoms with Crippen molar-refractivity contribution in [2.45, 2.75) is 32.8 Å². The number of aromatic nitrogens is 1. The highest BCUT2D eigenvalue weighted by molar-refractivity contribution is 5.41. The standard InChI is InChI=1S/C13H19NO2/c1-5-6-11(15)7-12-10(3)13(16-4)9(2)8-14-12/h5,8,11,15H,1,6-7H2,2-4H3. The first kappa shape index (κ1) is 12.7. The third-order valence-corrected chi connectivity index (χ3v) is 2.62. The van der Waals surface area contributed by atoms with Gasteiger partial charge >= 0.3 is 0 Å². The second-order valence-electron chi connectivity index (χ2n) is 3.93. The van der Waals surface area contributed by atoms with Crippen LogP contribution in [0.25, 0.3) is 0 Å². The molecule has 0 radical (unpaired) electrons. The largest absolute Gasteiger partial charge is 0.496 e. The summed E-state index contributed by atoms with van der Waals surface area (Å²) in [5.74, 6) is 0.857. The van der Waals surface area contributed by atoms with Crippen molar-refractivity contribution in [2.75, 3.05) is 7.11 Å². The number of methoxy groups -OCH3 is 1. The molecular formula is C13H19NO2. The molecule has 0 aliphatic heterocycles. The Morgan fingerprint density at radius 2 is 2.25 bits per heavy atom. The van der Waals surface area contributed by atoms with Crippen molar-refractivity contribution in [3.8, 4) is 5.75 Å². The zero-order valence-corrected chi connectivity index (χ0v) is 10.2. The van der Waals surface area contributed by atoms with E-state index in [4.69, 9.17) is 4.74 Å². The number of hydrogen-bond acceptors (Lipinski definition) is 3.